The lowest BCUT2D eigenvalue weighted by Crippen LogP contribution is -2.18. The monoisotopic (exact) mass is 340 g/mol. The quantitative estimate of drug-likeness (QED) is 0.570. The summed E-state index contributed by atoms with van der Waals surface area (Å²) in [7, 11) is 2.00. The maximum atomic E-state index is 8.96. The first-order valence-electron chi connectivity index (χ1n) is 8.20. The smallest absolute Gasteiger partial charge is 0.154 e. The molecule has 126 valence electrons. The summed E-state index contributed by atoms with van der Waals surface area (Å²) < 4.78 is 1.83. The number of nitriles is 1. The number of hydrogen-bond acceptors (Lipinski definition) is 5. The first kappa shape index (κ1) is 15.8. The van der Waals surface area contributed by atoms with Crippen molar-refractivity contribution in [3.8, 4) is 17.3 Å². The van der Waals surface area contributed by atoms with E-state index in [-0.39, 0.29) is 0 Å². The van der Waals surface area contributed by atoms with Crippen LogP contribution in [0.4, 0.5) is 5.82 Å². The average molecular weight is 340 g/mol. The van der Waals surface area contributed by atoms with E-state index in [2.05, 4.69) is 20.9 Å². The largest absolute Gasteiger partial charge is 0.354 e. The summed E-state index contributed by atoms with van der Waals surface area (Å²) >= 11 is 0. The number of anilines is 1. The predicted molar refractivity (Wildman–Crippen MR) is 99.5 cm³/mol. The number of rotatable bonds is 4. The molecular weight excluding hydrogens is 324 g/mol. The van der Waals surface area contributed by atoms with Crippen LogP contribution in [0.5, 0.6) is 0 Å². The Morgan fingerprint density at radius 1 is 1.08 bits per heavy atom. The van der Waals surface area contributed by atoms with Crippen molar-refractivity contribution in [3.05, 3.63) is 78.2 Å². The van der Waals surface area contributed by atoms with Crippen LogP contribution < -0.4 is 4.90 Å². The first-order chi connectivity index (χ1) is 12.7. The van der Waals surface area contributed by atoms with E-state index < -0.39 is 0 Å². The average Bonchev–Trinajstić information content (AvgIpc) is 3.12. The molecule has 0 fully saturated rings. The van der Waals surface area contributed by atoms with Crippen molar-refractivity contribution in [1.29, 1.82) is 5.26 Å². The fourth-order valence-corrected chi connectivity index (χ4v) is 2.83. The van der Waals surface area contributed by atoms with Gasteiger partial charge in [-0.25, -0.2) is 9.50 Å². The van der Waals surface area contributed by atoms with Gasteiger partial charge in [0.05, 0.1) is 23.5 Å². The van der Waals surface area contributed by atoms with Crippen molar-refractivity contribution in [2.75, 3.05) is 11.9 Å². The number of pyridine rings is 1. The zero-order valence-corrected chi connectivity index (χ0v) is 14.2. The lowest BCUT2D eigenvalue weighted by molar-refractivity contribution is 0.841. The van der Waals surface area contributed by atoms with Crippen LogP contribution in [0.2, 0.25) is 0 Å². The number of nitrogens with zero attached hydrogens (tertiary/aromatic N) is 6. The molecule has 0 saturated carbocycles. The van der Waals surface area contributed by atoms with E-state index in [1.54, 1.807) is 24.5 Å². The van der Waals surface area contributed by atoms with Crippen molar-refractivity contribution in [2.24, 2.45) is 0 Å². The van der Waals surface area contributed by atoms with Crippen LogP contribution in [0.15, 0.2) is 67.1 Å². The van der Waals surface area contributed by atoms with E-state index in [0.717, 1.165) is 28.3 Å². The Morgan fingerprint density at radius 2 is 1.92 bits per heavy atom. The highest BCUT2D eigenvalue weighted by Crippen LogP contribution is 2.22. The third-order valence-electron chi connectivity index (χ3n) is 4.19. The Labute approximate surface area is 151 Å². The van der Waals surface area contributed by atoms with Crippen LogP contribution in [-0.2, 0) is 6.54 Å². The molecule has 0 unspecified atom stereocenters. The van der Waals surface area contributed by atoms with Crippen LogP contribution in [-0.4, -0.2) is 26.6 Å². The molecule has 3 heterocycles. The van der Waals surface area contributed by atoms with Gasteiger partial charge in [-0.15, -0.1) is 5.10 Å². The first-order valence-corrected chi connectivity index (χ1v) is 8.20. The molecule has 26 heavy (non-hydrogen) atoms. The van der Waals surface area contributed by atoms with Crippen molar-refractivity contribution in [3.63, 3.8) is 0 Å². The van der Waals surface area contributed by atoms with Crippen LogP contribution in [0, 0.1) is 11.3 Å². The molecule has 0 saturated heterocycles. The summed E-state index contributed by atoms with van der Waals surface area (Å²) in [5, 5.41) is 13.7. The number of imidazole rings is 1. The van der Waals surface area contributed by atoms with Crippen LogP contribution in [0.3, 0.4) is 0 Å². The molecule has 0 bridgehead atoms. The van der Waals surface area contributed by atoms with Crippen LogP contribution >= 0.6 is 0 Å². The lowest BCUT2D eigenvalue weighted by atomic mass is 10.1. The van der Waals surface area contributed by atoms with Crippen molar-refractivity contribution in [2.45, 2.75) is 6.54 Å². The molecule has 6 nitrogen and oxygen atoms in total. The summed E-state index contributed by atoms with van der Waals surface area (Å²) in [5.41, 5.74) is 4.39. The molecule has 0 radical (unpaired) electrons. The molecule has 0 aliphatic rings. The molecule has 1 aromatic carbocycles. The van der Waals surface area contributed by atoms with Gasteiger partial charge in [0.15, 0.2) is 5.65 Å². The fourth-order valence-electron chi connectivity index (χ4n) is 2.83. The molecule has 0 aliphatic heterocycles. The van der Waals surface area contributed by atoms with Gasteiger partial charge in [-0.05, 0) is 35.9 Å². The van der Waals surface area contributed by atoms with Crippen molar-refractivity contribution >= 4 is 11.5 Å². The van der Waals surface area contributed by atoms with Gasteiger partial charge >= 0.3 is 0 Å². The molecule has 0 N–H and O–H groups in total. The Kier molecular flexibility index (Phi) is 4.04. The SMILES string of the molecule is CN(Cc1cccnc1)c1ccc2ncc(-c3ccc(C#N)cc3)n2n1. The van der Waals surface area contributed by atoms with E-state index in [1.807, 2.05) is 54.2 Å². The second-order valence-corrected chi connectivity index (χ2v) is 6.01. The lowest BCUT2D eigenvalue weighted by Gasteiger charge is -2.18. The van der Waals surface area contributed by atoms with E-state index in [1.165, 1.54) is 0 Å². The van der Waals surface area contributed by atoms with Crippen LogP contribution in [0.25, 0.3) is 16.9 Å². The second kappa shape index (κ2) is 6.65. The summed E-state index contributed by atoms with van der Waals surface area (Å²) in [6.07, 6.45) is 5.42. The minimum absolute atomic E-state index is 0.632. The molecule has 0 aliphatic carbocycles. The highest BCUT2D eigenvalue weighted by atomic mass is 15.3. The minimum Gasteiger partial charge on any atom is -0.354 e. The Morgan fingerprint density at radius 3 is 2.65 bits per heavy atom. The van der Waals surface area contributed by atoms with E-state index in [0.29, 0.717) is 12.1 Å². The summed E-state index contributed by atoms with van der Waals surface area (Å²) in [6.45, 7) is 0.716. The standard InChI is InChI=1S/C20H16N6/c1-25(14-16-3-2-10-22-12-16)20-9-8-19-23-13-18(26(19)24-20)17-6-4-15(11-21)5-7-17/h2-10,12-13H,14H2,1H3. The zero-order valence-electron chi connectivity index (χ0n) is 14.2. The van der Waals surface area contributed by atoms with Gasteiger partial charge in [-0.2, -0.15) is 5.26 Å². The normalized spacial score (nSPS) is 10.6. The molecule has 0 spiro atoms. The minimum atomic E-state index is 0.632. The highest BCUT2D eigenvalue weighted by molar-refractivity contribution is 5.64. The van der Waals surface area contributed by atoms with Crippen LogP contribution in [0.1, 0.15) is 11.1 Å². The van der Waals surface area contributed by atoms with Gasteiger partial charge < -0.3 is 4.90 Å². The summed E-state index contributed by atoms with van der Waals surface area (Å²) in [6, 6.07) is 17.4. The molecular formula is C20H16N6. The Bertz CT molecular complexity index is 1080. The predicted octanol–water partition coefficient (Wildman–Crippen LogP) is 3.30. The molecule has 4 aromatic rings. The summed E-state index contributed by atoms with van der Waals surface area (Å²) in [5.74, 6) is 0.842. The zero-order chi connectivity index (χ0) is 17.9. The maximum absolute atomic E-state index is 8.96. The number of benzene rings is 1. The molecule has 3 aromatic heterocycles. The van der Waals surface area contributed by atoms with Gasteiger partial charge in [0.25, 0.3) is 0 Å². The van der Waals surface area contributed by atoms with E-state index in [9.17, 15) is 0 Å². The highest BCUT2D eigenvalue weighted by Gasteiger charge is 2.10. The fraction of sp³-hybridized carbons (Fsp3) is 0.100. The summed E-state index contributed by atoms with van der Waals surface area (Å²) in [4.78, 5) is 10.7. The van der Waals surface area contributed by atoms with Gasteiger partial charge in [0.1, 0.15) is 5.82 Å². The molecule has 4 rings (SSSR count). The van der Waals surface area contributed by atoms with Gasteiger partial charge in [0, 0.05) is 31.5 Å². The molecule has 0 amide bonds. The second-order valence-electron chi connectivity index (χ2n) is 6.01. The molecule has 0 atom stereocenters. The van der Waals surface area contributed by atoms with E-state index >= 15 is 0 Å². The van der Waals surface area contributed by atoms with Gasteiger partial charge in [-0.1, -0.05) is 18.2 Å². The van der Waals surface area contributed by atoms with Gasteiger partial charge in [0.2, 0.25) is 0 Å². The maximum Gasteiger partial charge on any atom is 0.154 e. The van der Waals surface area contributed by atoms with Gasteiger partial charge in [-0.3, -0.25) is 4.98 Å². The van der Waals surface area contributed by atoms with Crippen molar-refractivity contribution in [1.82, 2.24) is 19.6 Å². The number of aromatic nitrogens is 4. The Hall–Kier alpha value is -3.72. The van der Waals surface area contributed by atoms with E-state index in [4.69, 9.17) is 10.4 Å². The molecule has 6 heteroatoms. The number of hydrogen-bond donors (Lipinski definition) is 0. The number of fused-ring (bicyclic) bond motifs is 1. The third kappa shape index (κ3) is 2.98. The van der Waals surface area contributed by atoms with Crippen molar-refractivity contribution < 1.29 is 0 Å². The Balaban J connectivity index is 1.69. The topological polar surface area (TPSA) is 70.1 Å². The third-order valence-corrected chi connectivity index (χ3v) is 4.19.